The second-order valence-electron chi connectivity index (χ2n) is 6.83. The van der Waals surface area contributed by atoms with Crippen molar-refractivity contribution in [3.8, 4) is 0 Å². The maximum absolute atomic E-state index is 14.6. The van der Waals surface area contributed by atoms with Crippen molar-refractivity contribution in [1.82, 2.24) is 10.3 Å². The number of nitrogens with zero attached hydrogens (tertiary/aromatic N) is 2. The van der Waals surface area contributed by atoms with Crippen molar-refractivity contribution < 1.29 is 13.6 Å². The Labute approximate surface area is 161 Å². The van der Waals surface area contributed by atoms with Crippen LogP contribution in [0.2, 0.25) is 0 Å². The van der Waals surface area contributed by atoms with Crippen molar-refractivity contribution in [1.29, 1.82) is 0 Å². The van der Waals surface area contributed by atoms with Gasteiger partial charge in [-0.25, -0.2) is 18.6 Å². The molecular formula is C21H20F2N4O. The van der Waals surface area contributed by atoms with Gasteiger partial charge < -0.3 is 15.5 Å². The molecule has 0 saturated carbocycles. The summed E-state index contributed by atoms with van der Waals surface area (Å²) in [6, 6.07) is 12.0. The number of pyridine rings is 1. The van der Waals surface area contributed by atoms with Gasteiger partial charge in [-0.15, -0.1) is 0 Å². The van der Waals surface area contributed by atoms with E-state index in [9.17, 15) is 13.6 Å². The molecule has 5 nitrogen and oxygen atoms in total. The normalized spacial score (nSPS) is 13.7. The van der Waals surface area contributed by atoms with E-state index in [4.69, 9.17) is 0 Å². The number of hydrogen-bond acceptors (Lipinski definition) is 3. The Balaban J connectivity index is 1.45. The Kier molecular flexibility index (Phi) is 5.06. The lowest BCUT2D eigenvalue weighted by Crippen LogP contribution is -2.28. The van der Waals surface area contributed by atoms with E-state index in [1.165, 1.54) is 18.2 Å². The smallest absolute Gasteiger partial charge is 0.319 e. The number of rotatable bonds is 4. The predicted octanol–water partition coefficient (Wildman–Crippen LogP) is 4.43. The summed E-state index contributed by atoms with van der Waals surface area (Å²) < 4.78 is 27.5. The minimum atomic E-state index is -0.479. The Morgan fingerprint density at radius 3 is 2.54 bits per heavy atom. The monoisotopic (exact) mass is 382 g/mol. The minimum absolute atomic E-state index is 0.239. The molecule has 3 aromatic rings. The number of urea groups is 1. The fourth-order valence-corrected chi connectivity index (χ4v) is 3.34. The lowest BCUT2D eigenvalue weighted by atomic mass is 10.2. The summed E-state index contributed by atoms with van der Waals surface area (Å²) in [4.78, 5) is 18.7. The summed E-state index contributed by atoms with van der Waals surface area (Å²) in [7, 11) is 0. The number of fused-ring (bicyclic) bond motifs is 1. The highest BCUT2D eigenvalue weighted by atomic mass is 19.1. The quantitative estimate of drug-likeness (QED) is 0.702. The number of benzene rings is 2. The van der Waals surface area contributed by atoms with Crippen LogP contribution in [-0.4, -0.2) is 24.1 Å². The summed E-state index contributed by atoms with van der Waals surface area (Å²) >= 11 is 0. The number of aromatic nitrogens is 1. The molecular weight excluding hydrogens is 362 g/mol. The first kappa shape index (κ1) is 18.2. The van der Waals surface area contributed by atoms with Crippen LogP contribution in [0.25, 0.3) is 10.9 Å². The van der Waals surface area contributed by atoms with E-state index in [0.717, 1.165) is 37.3 Å². The zero-order chi connectivity index (χ0) is 19.5. The van der Waals surface area contributed by atoms with Crippen LogP contribution in [0.4, 0.5) is 25.1 Å². The van der Waals surface area contributed by atoms with Crippen molar-refractivity contribution in [2.24, 2.45) is 0 Å². The molecule has 2 amide bonds. The third kappa shape index (κ3) is 4.03. The first-order chi connectivity index (χ1) is 13.6. The van der Waals surface area contributed by atoms with Gasteiger partial charge in [0.25, 0.3) is 0 Å². The van der Waals surface area contributed by atoms with Gasteiger partial charge in [0.15, 0.2) is 5.82 Å². The molecule has 2 aromatic carbocycles. The van der Waals surface area contributed by atoms with Crippen LogP contribution in [0, 0.1) is 11.6 Å². The lowest BCUT2D eigenvalue weighted by molar-refractivity contribution is 0.251. The van der Waals surface area contributed by atoms with Gasteiger partial charge in [-0.1, -0.05) is 12.1 Å². The van der Waals surface area contributed by atoms with Gasteiger partial charge in [0.05, 0.1) is 0 Å². The molecule has 1 aliphatic heterocycles. The van der Waals surface area contributed by atoms with Gasteiger partial charge in [0.2, 0.25) is 0 Å². The number of carbonyl (C=O) groups excluding carboxylic acids is 1. The van der Waals surface area contributed by atoms with E-state index in [-0.39, 0.29) is 12.4 Å². The first-order valence-corrected chi connectivity index (χ1v) is 9.23. The zero-order valence-corrected chi connectivity index (χ0v) is 15.2. The van der Waals surface area contributed by atoms with Gasteiger partial charge in [0.1, 0.15) is 17.2 Å². The molecule has 2 N–H and O–H groups in total. The highest BCUT2D eigenvalue weighted by Crippen LogP contribution is 2.26. The summed E-state index contributed by atoms with van der Waals surface area (Å²) in [6.45, 7) is 2.12. The Morgan fingerprint density at radius 1 is 1.04 bits per heavy atom. The Hall–Kier alpha value is -3.22. The number of amides is 2. The summed E-state index contributed by atoms with van der Waals surface area (Å²) in [5, 5.41) is 5.91. The molecule has 0 aliphatic carbocycles. The van der Waals surface area contributed by atoms with E-state index < -0.39 is 11.8 Å². The standard InChI is InChI=1S/C21H20F2N4O/c22-16-6-3-14(4-7-16)13-24-21(28)25-17-11-15-5-8-19(27-9-1-2-10-27)26-20(15)18(23)12-17/h3-8,11-12H,1-2,9-10,13H2,(H2,24,25,28). The SMILES string of the molecule is O=C(NCc1ccc(F)cc1)Nc1cc(F)c2nc(N3CCCC3)ccc2c1. The maximum Gasteiger partial charge on any atom is 0.319 e. The third-order valence-electron chi connectivity index (χ3n) is 4.79. The van der Waals surface area contributed by atoms with Crippen LogP contribution in [0.15, 0.2) is 48.5 Å². The van der Waals surface area contributed by atoms with Gasteiger partial charge >= 0.3 is 6.03 Å². The summed E-state index contributed by atoms with van der Waals surface area (Å²) in [5.41, 5.74) is 1.40. The van der Waals surface area contributed by atoms with E-state index in [2.05, 4.69) is 20.5 Å². The molecule has 144 valence electrons. The molecule has 2 heterocycles. The molecule has 7 heteroatoms. The molecule has 0 bridgehead atoms. The maximum atomic E-state index is 14.6. The molecule has 0 spiro atoms. The minimum Gasteiger partial charge on any atom is -0.357 e. The van der Waals surface area contributed by atoms with Crippen molar-refractivity contribution >= 4 is 28.4 Å². The second kappa shape index (κ2) is 7.80. The first-order valence-electron chi connectivity index (χ1n) is 9.23. The molecule has 4 rings (SSSR count). The number of carbonyl (C=O) groups is 1. The van der Waals surface area contributed by atoms with Crippen molar-refractivity contribution in [2.75, 3.05) is 23.3 Å². The fraction of sp³-hybridized carbons (Fsp3) is 0.238. The number of hydrogen-bond donors (Lipinski definition) is 2. The molecule has 1 aliphatic rings. The van der Waals surface area contributed by atoms with Gasteiger partial charge in [-0.2, -0.15) is 0 Å². The molecule has 1 saturated heterocycles. The van der Waals surface area contributed by atoms with Crippen LogP contribution in [0.5, 0.6) is 0 Å². The molecule has 1 aromatic heterocycles. The largest absolute Gasteiger partial charge is 0.357 e. The van der Waals surface area contributed by atoms with E-state index in [0.29, 0.717) is 16.6 Å². The van der Waals surface area contributed by atoms with Gasteiger partial charge in [-0.3, -0.25) is 0 Å². The highest BCUT2D eigenvalue weighted by molar-refractivity contribution is 5.93. The van der Waals surface area contributed by atoms with E-state index in [1.54, 1.807) is 18.2 Å². The van der Waals surface area contributed by atoms with Crippen LogP contribution in [0.3, 0.4) is 0 Å². The zero-order valence-electron chi connectivity index (χ0n) is 15.2. The molecule has 0 atom stereocenters. The van der Waals surface area contributed by atoms with Crippen LogP contribution >= 0.6 is 0 Å². The summed E-state index contributed by atoms with van der Waals surface area (Å²) in [6.07, 6.45) is 2.25. The molecule has 0 unspecified atom stereocenters. The Morgan fingerprint density at radius 2 is 1.79 bits per heavy atom. The van der Waals surface area contributed by atoms with Crippen molar-refractivity contribution in [3.05, 3.63) is 65.7 Å². The third-order valence-corrected chi connectivity index (χ3v) is 4.79. The predicted molar refractivity (Wildman–Crippen MR) is 105 cm³/mol. The lowest BCUT2D eigenvalue weighted by Gasteiger charge is -2.17. The average molecular weight is 382 g/mol. The molecule has 1 fully saturated rings. The van der Waals surface area contributed by atoms with E-state index >= 15 is 0 Å². The summed E-state index contributed by atoms with van der Waals surface area (Å²) in [5.74, 6) is -0.0321. The van der Waals surface area contributed by atoms with Crippen LogP contribution in [0.1, 0.15) is 18.4 Å². The second-order valence-corrected chi connectivity index (χ2v) is 6.83. The van der Waals surface area contributed by atoms with Gasteiger partial charge in [0, 0.05) is 30.7 Å². The fourth-order valence-electron chi connectivity index (χ4n) is 3.34. The Bertz CT molecular complexity index is 1000. The number of halogens is 2. The molecule has 0 radical (unpaired) electrons. The molecule has 28 heavy (non-hydrogen) atoms. The number of nitrogens with one attached hydrogen (secondary N) is 2. The van der Waals surface area contributed by atoms with Crippen LogP contribution in [-0.2, 0) is 6.54 Å². The van der Waals surface area contributed by atoms with Crippen molar-refractivity contribution in [3.63, 3.8) is 0 Å². The topological polar surface area (TPSA) is 57.3 Å². The highest BCUT2D eigenvalue weighted by Gasteiger charge is 2.15. The van der Waals surface area contributed by atoms with Gasteiger partial charge in [-0.05, 0) is 54.8 Å². The number of anilines is 2. The van der Waals surface area contributed by atoms with Crippen molar-refractivity contribution in [2.45, 2.75) is 19.4 Å². The van der Waals surface area contributed by atoms with Crippen LogP contribution < -0.4 is 15.5 Å². The average Bonchev–Trinajstić information content (AvgIpc) is 3.22. The van der Waals surface area contributed by atoms with E-state index in [1.807, 2.05) is 12.1 Å².